The van der Waals surface area contributed by atoms with Gasteiger partial charge in [-0.05, 0) is 35.6 Å². The Labute approximate surface area is 201 Å². The van der Waals surface area contributed by atoms with Gasteiger partial charge in [0, 0.05) is 18.6 Å². The number of nitrogens with zero attached hydrogens (tertiary/aromatic N) is 2. The molecule has 0 spiro atoms. The maximum absolute atomic E-state index is 13.6. The summed E-state index contributed by atoms with van der Waals surface area (Å²) in [5.41, 5.74) is 1.93. The summed E-state index contributed by atoms with van der Waals surface area (Å²) in [5, 5.41) is 3.06. The number of anilines is 1. The number of para-hydroxylation sites is 1. The minimum Gasteiger partial charge on any atom is -0.357 e. The molecule has 0 saturated heterocycles. The van der Waals surface area contributed by atoms with Crippen LogP contribution in [0.5, 0.6) is 0 Å². The zero-order valence-electron chi connectivity index (χ0n) is 19.7. The molecule has 2 amide bonds. The van der Waals surface area contributed by atoms with E-state index in [0.29, 0.717) is 22.7 Å². The molecule has 2 aromatic carbocycles. The van der Waals surface area contributed by atoms with Crippen molar-refractivity contribution in [3.63, 3.8) is 0 Å². The van der Waals surface area contributed by atoms with E-state index in [1.807, 2.05) is 26.0 Å². The van der Waals surface area contributed by atoms with Crippen molar-refractivity contribution in [2.45, 2.75) is 45.7 Å². The molecular weight excluding hydrogens is 462 g/mol. The first-order valence-electron chi connectivity index (χ1n) is 10.8. The third kappa shape index (κ3) is 6.71. The smallest absolute Gasteiger partial charge is 0.244 e. The fourth-order valence-electron chi connectivity index (χ4n) is 3.69. The second-order valence-electron chi connectivity index (χ2n) is 8.13. The summed E-state index contributed by atoms with van der Waals surface area (Å²) < 4.78 is 26.6. The van der Waals surface area contributed by atoms with Crippen LogP contribution in [0.15, 0.2) is 48.5 Å². The molecule has 0 bridgehead atoms. The largest absolute Gasteiger partial charge is 0.357 e. The first-order chi connectivity index (χ1) is 15.5. The second-order valence-corrected chi connectivity index (χ2v) is 10.4. The Morgan fingerprint density at radius 1 is 1.06 bits per heavy atom. The van der Waals surface area contributed by atoms with Gasteiger partial charge in [-0.25, -0.2) is 8.42 Å². The highest BCUT2D eigenvalue weighted by atomic mass is 35.5. The average molecular weight is 494 g/mol. The lowest BCUT2D eigenvalue weighted by atomic mass is 10.0. The molecule has 1 N–H and O–H groups in total. The van der Waals surface area contributed by atoms with Crippen molar-refractivity contribution in [1.29, 1.82) is 0 Å². The quantitative estimate of drug-likeness (QED) is 0.545. The van der Waals surface area contributed by atoms with Crippen LogP contribution in [0.1, 0.15) is 44.2 Å². The number of hydrogen-bond acceptors (Lipinski definition) is 4. The molecule has 0 aliphatic carbocycles. The first kappa shape index (κ1) is 26.7. The molecule has 0 aliphatic heterocycles. The van der Waals surface area contributed by atoms with E-state index in [-0.39, 0.29) is 18.4 Å². The van der Waals surface area contributed by atoms with Crippen LogP contribution in [0.4, 0.5) is 5.69 Å². The fraction of sp³-hybridized carbons (Fsp3) is 0.417. The van der Waals surface area contributed by atoms with Crippen molar-refractivity contribution in [1.82, 2.24) is 10.2 Å². The Morgan fingerprint density at radius 3 is 2.21 bits per heavy atom. The molecule has 180 valence electrons. The van der Waals surface area contributed by atoms with E-state index in [1.54, 1.807) is 43.3 Å². The maximum Gasteiger partial charge on any atom is 0.244 e. The molecule has 1 atom stereocenters. The van der Waals surface area contributed by atoms with Crippen LogP contribution in [0.25, 0.3) is 0 Å². The Hall–Kier alpha value is -2.58. The normalized spacial score (nSPS) is 12.3. The van der Waals surface area contributed by atoms with Gasteiger partial charge in [-0.15, -0.1) is 0 Å². The third-order valence-corrected chi connectivity index (χ3v) is 6.93. The molecule has 2 rings (SSSR count). The van der Waals surface area contributed by atoms with Crippen molar-refractivity contribution < 1.29 is 18.0 Å². The number of likely N-dealkylation sites (N-methyl/N-ethyl adjacent to an activating group) is 1. The summed E-state index contributed by atoms with van der Waals surface area (Å²) in [5.74, 6) is -0.769. The lowest BCUT2D eigenvalue weighted by Gasteiger charge is -2.33. The number of hydrogen-bond donors (Lipinski definition) is 1. The number of carbonyl (C=O) groups excluding carboxylic acids is 2. The van der Waals surface area contributed by atoms with Gasteiger partial charge in [-0.1, -0.05) is 68.8 Å². The lowest BCUT2D eigenvalue weighted by Crippen LogP contribution is -2.51. The van der Waals surface area contributed by atoms with Crippen molar-refractivity contribution in [3.8, 4) is 0 Å². The van der Waals surface area contributed by atoms with Crippen molar-refractivity contribution in [2.75, 3.05) is 24.2 Å². The molecule has 7 nitrogen and oxygen atoms in total. The summed E-state index contributed by atoms with van der Waals surface area (Å²) >= 11 is 6.32. The molecule has 0 fully saturated rings. The van der Waals surface area contributed by atoms with E-state index in [2.05, 4.69) is 5.32 Å². The Bertz CT molecular complexity index is 1090. The van der Waals surface area contributed by atoms with E-state index < -0.39 is 28.5 Å². The number of benzene rings is 2. The van der Waals surface area contributed by atoms with Gasteiger partial charge in [0.05, 0.1) is 11.9 Å². The van der Waals surface area contributed by atoms with Gasteiger partial charge in [0.15, 0.2) is 0 Å². The van der Waals surface area contributed by atoms with E-state index >= 15 is 0 Å². The zero-order chi connectivity index (χ0) is 24.8. The van der Waals surface area contributed by atoms with E-state index in [1.165, 1.54) is 11.9 Å². The Balaban J connectivity index is 2.51. The fourth-order valence-corrected chi connectivity index (χ4v) is 4.76. The molecule has 33 heavy (non-hydrogen) atoms. The first-order valence-corrected chi connectivity index (χ1v) is 13.0. The number of sulfonamides is 1. The topological polar surface area (TPSA) is 86.8 Å². The van der Waals surface area contributed by atoms with E-state index in [0.717, 1.165) is 16.1 Å². The standard InChI is InChI=1S/C24H32ClN3O4S/c1-6-21(24(30)26-4)27(15-18-11-7-9-13-20(18)25)23(29)16-28(33(5,31)32)22-14-10-8-12-19(22)17(2)3/h7-14,17,21H,6,15-16H2,1-5H3,(H,26,30)/t21-/m1/s1. The van der Waals surface area contributed by atoms with Crippen LogP contribution in [0.3, 0.4) is 0 Å². The summed E-state index contributed by atoms with van der Waals surface area (Å²) in [7, 11) is -2.28. The van der Waals surface area contributed by atoms with Crippen molar-refractivity contribution in [3.05, 3.63) is 64.7 Å². The molecule has 0 aliphatic rings. The van der Waals surface area contributed by atoms with Crippen LogP contribution < -0.4 is 9.62 Å². The second kappa shape index (κ2) is 11.5. The van der Waals surface area contributed by atoms with E-state index in [4.69, 9.17) is 11.6 Å². The number of amides is 2. The highest BCUT2D eigenvalue weighted by Gasteiger charge is 2.32. The molecule has 2 aromatic rings. The summed E-state index contributed by atoms with van der Waals surface area (Å²) in [6.45, 7) is 5.37. The molecule has 0 unspecified atom stereocenters. The lowest BCUT2D eigenvalue weighted by molar-refractivity contribution is -0.140. The maximum atomic E-state index is 13.6. The Kier molecular flexibility index (Phi) is 9.31. The van der Waals surface area contributed by atoms with Crippen LogP contribution in [0, 0.1) is 0 Å². The average Bonchev–Trinajstić information content (AvgIpc) is 2.77. The number of rotatable bonds is 10. The predicted octanol–water partition coefficient (Wildman–Crippen LogP) is 3.78. The summed E-state index contributed by atoms with van der Waals surface area (Å²) in [6.07, 6.45) is 1.43. The third-order valence-electron chi connectivity index (χ3n) is 5.44. The molecule has 0 radical (unpaired) electrons. The predicted molar refractivity (Wildman–Crippen MR) is 133 cm³/mol. The SMILES string of the molecule is CC[C@H](C(=O)NC)N(Cc1ccccc1Cl)C(=O)CN(c1ccccc1C(C)C)S(C)(=O)=O. The van der Waals surface area contributed by atoms with Gasteiger partial charge < -0.3 is 10.2 Å². The molecule has 0 aromatic heterocycles. The zero-order valence-corrected chi connectivity index (χ0v) is 21.3. The molecule has 9 heteroatoms. The van der Waals surface area contributed by atoms with Crippen LogP contribution in [-0.2, 0) is 26.2 Å². The van der Waals surface area contributed by atoms with Crippen molar-refractivity contribution >= 4 is 39.1 Å². The Morgan fingerprint density at radius 2 is 1.67 bits per heavy atom. The van der Waals surface area contributed by atoms with Gasteiger partial charge >= 0.3 is 0 Å². The van der Waals surface area contributed by atoms with Gasteiger partial charge in [0.2, 0.25) is 21.8 Å². The number of nitrogens with one attached hydrogen (secondary N) is 1. The summed E-state index contributed by atoms with van der Waals surface area (Å²) in [6, 6.07) is 13.4. The number of halogens is 1. The molecular formula is C24H32ClN3O4S. The van der Waals surface area contributed by atoms with E-state index in [9.17, 15) is 18.0 Å². The van der Waals surface area contributed by atoms with Crippen LogP contribution >= 0.6 is 11.6 Å². The van der Waals surface area contributed by atoms with Crippen molar-refractivity contribution in [2.24, 2.45) is 0 Å². The van der Waals surface area contributed by atoms with Gasteiger partial charge in [-0.2, -0.15) is 0 Å². The molecule has 0 saturated carbocycles. The monoisotopic (exact) mass is 493 g/mol. The van der Waals surface area contributed by atoms with Gasteiger partial charge in [-0.3, -0.25) is 13.9 Å². The highest BCUT2D eigenvalue weighted by Crippen LogP contribution is 2.29. The van der Waals surface area contributed by atoms with Crippen LogP contribution in [-0.4, -0.2) is 51.0 Å². The minimum atomic E-state index is -3.78. The number of carbonyl (C=O) groups is 2. The minimum absolute atomic E-state index is 0.0500. The highest BCUT2D eigenvalue weighted by molar-refractivity contribution is 7.92. The van der Waals surface area contributed by atoms with Gasteiger partial charge in [0.1, 0.15) is 12.6 Å². The summed E-state index contributed by atoms with van der Waals surface area (Å²) in [4.78, 5) is 27.6. The van der Waals surface area contributed by atoms with Crippen LogP contribution in [0.2, 0.25) is 5.02 Å². The molecule has 0 heterocycles. The van der Waals surface area contributed by atoms with Gasteiger partial charge in [0.25, 0.3) is 0 Å².